The quantitative estimate of drug-likeness (QED) is 0.456. The summed E-state index contributed by atoms with van der Waals surface area (Å²) in [6.45, 7) is 2.66. The van der Waals surface area contributed by atoms with Crippen molar-refractivity contribution in [3.05, 3.63) is 61.8 Å². The summed E-state index contributed by atoms with van der Waals surface area (Å²) in [5.41, 5.74) is 5.21. The van der Waals surface area contributed by atoms with Gasteiger partial charge in [-0.05, 0) is 25.5 Å². The second kappa shape index (κ2) is 9.68. The molecule has 10 nitrogen and oxygen atoms in total. The Kier molecular flexibility index (Phi) is 7.29. The van der Waals surface area contributed by atoms with E-state index >= 15 is 0 Å². The SMILES string of the molecule is CCCn1c(N)c(C(=O)COC(=O)CNC(=O)c2cccc(C)c2)c(=O)n(C)c1=O. The van der Waals surface area contributed by atoms with Crippen molar-refractivity contribution >= 4 is 23.5 Å². The predicted octanol–water partition coefficient (Wildman–Crippen LogP) is 0.00352. The largest absolute Gasteiger partial charge is 0.456 e. The number of Topliss-reactive ketones (excluding diaryl/α,β-unsaturated/α-hetero) is 1. The summed E-state index contributed by atoms with van der Waals surface area (Å²) in [6.07, 6.45) is 0.561. The number of esters is 1. The van der Waals surface area contributed by atoms with E-state index in [4.69, 9.17) is 10.5 Å². The monoisotopic (exact) mass is 416 g/mol. The van der Waals surface area contributed by atoms with Gasteiger partial charge in [0.1, 0.15) is 17.9 Å². The van der Waals surface area contributed by atoms with Crippen LogP contribution in [0, 0.1) is 6.92 Å². The molecular formula is C20H24N4O6. The van der Waals surface area contributed by atoms with E-state index in [0.717, 1.165) is 14.7 Å². The van der Waals surface area contributed by atoms with Crippen molar-refractivity contribution in [1.29, 1.82) is 0 Å². The first kappa shape index (κ1) is 22.6. The number of aromatic nitrogens is 2. The van der Waals surface area contributed by atoms with Gasteiger partial charge in [0.05, 0.1) is 0 Å². The Hall–Kier alpha value is -3.69. The van der Waals surface area contributed by atoms with Crippen LogP contribution in [0.3, 0.4) is 0 Å². The smallest absolute Gasteiger partial charge is 0.332 e. The van der Waals surface area contributed by atoms with Crippen LogP contribution in [-0.4, -0.2) is 39.9 Å². The number of hydrogen-bond donors (Lipinski definition) is 2. The zero-order valence-electron chi connectivity index (χ0n) is 17.1. The topological polar surface area (TPSA) is 142 Å². The van der Waals surface area contributed by atoms with Gasteiger partial charge in [0.2, 0.25) is 5.78 Å². The van der Waals surface area contributed by atoms with E-state index in [1.807, 2.05) is 19.9 Å². The van der Waals surface area contributed by atoms with Crippen LogP contribution in [0.4, 0.5) is 5.82 Å². The molecule has 0 unspecified atom stereocenters. The third kappa shape index (κ3) is 5.02. The van der Waals surface area contributed by atoms with Crippen LogP contribution in [0.15, 0.2) is 33.9 Å². The molecule has 0 spiro atoms. The first-order valence-electron chi connectivity index (χ1n) is 9.30. The van der Waals surface area contributed by atoms with Crippen LogP contribution in [0.25, 0.3) is 0 Å². The molecule has 1 aromatic heterocycles. The Bertz CT molecular complexity index is 1100. The van der Waals surface area contributed by atoms with Crippen molar-refractivity contribution in [1.82, 2.24) is 14.5 Å². The molecule has 0 aliphatic heterocycles. The zero-order valence-corrected chi connectivity index (χ0v) is 17.1. The minimum absolute atomic E-state index is 0.226. The number of aryl methyl sites for hydroxylation is 1. The maximum atomic E-state index is 12.4. The van der Waals surface area contributed by atoms with Gasteiger partial charge in [0, 0.05) is 19.2 Å². The van der Waals surface area contributed by atoms with E-state index in [-0.39, 0.29) is 12.4 Å². The predicted molar refractivity (Wildman–Crippen MR) is 109 cm³/mol. The number of nitrogens with zero attached hydrogens (tertiary/aromatic N) is 2. The number of ketones is 1. The van der Waals surface area contributed by atoms with Gasteiger partial charge in [0.25, 0.3) is 11.5 Å². The lowest BCUT2D eigenvalue weighted by molar-refractivity contribution is -0.141. The van der Waals surface area contributed by atoms with Crippen molar-refractivity contribution in [3.63, 3.8) is 0 Å². The highest BCUT2D eigenvalue weighted by atomic mass is 16.5. The van der Waals surface area contributed by atoms with E-state index in [0.29, 0.717) is 12.0 Å². The van der Waals surface area contributed by atoms with Crippen LogP contribution in [-0.2, 0) is 23.1 Å². The molecular weight excluding hydrogens is 392 g/mol. The number of anilines is 1. The number of nitrogen functional groups attached to an aromatic ring is 1. The summed E-state index contributed by atoms with van der Waals surface area (Å²) in [5, 5.41) is 2.39. The van der Waals surface area contributed by atoms with Crippen LogP contribution in [0.5, 0.6) is 0 Å². The van der Waals surface area contributed by atoms with E-state index in [1.54, 1.807) is 18.2 Å². The van der Waals surface area contributed by atoms with Crippen molar-refractivity contribution in [2.45, 2.75) is 26.8 Å². The van der Waals surface area contributed by atoms with Crippen molar-refractivity contribution < 1.29 is 19.1 Å². The molecule has 0 aliphatic carbocycles. The average Bonchev–Trinajstić information content (AvgIpc) is 2.72. The highest BCUT2D eigenvalue weighted by molar-refractivity contribution is 6.01. The second-order valence-electron chi connectivity index (χ2n) is 6.69. The Morgan fingerprint density at radius 1 is 1.20 bits per heavy atom. The van der Waals surface area contributed by atoms with Gasteiger partial charge >= 0.3 is 11.7 Å². The molecule has 0 aliphatic rings. The summed E-state index contributed by atoms with van der Waals surface area (Å²) in [6, 6.07) is 6.80. The summed E-state index contributed by atoms with van der Waals surface area (Å²) >= 11 is 0. The molecule has 10 heteroatoms. The molecule has 1 aromatic carbocycles. The number of benzene rings is 1. The molecule has 0 bridgehead atoms. The lowest BCUT2D eigenvalue weighted by Crippen LogP contribution is -2.43. The fraction of sp³-hybridized carbons (Fsp3) is 0.350. The summed E-state index contributed by atoms with van der Waals surface area (Å²) in [5.74, 6) is -2.43. The molecule has 0 fully saturated rings. The molecule has 2 rings (SSSR count). The molecule has 1 amide bonds. The number of nitrogens with two attached hydrogens (primary N) is 1. The van der Waals surface area contributed by atoms with Gasteiger partial charge in [-0.15, -0.1) is 0 Å². The highest BCUT2D eigenvalue weighted by Crippen LogP contribution is 2.07. The summed E-state index contributed by atoms with van der Waals surface area (Å²) in [7, 11) is 1.24. The van der Waals surface area contributed by atoms with E-state index in [2.05, 4.69) is 5.32 Å². The molecule has 160 valence electrons. The third-order valence-electron chi connectivity index (χ3n) is 4.35. The molecule has 1 heterocycles. The first-order chi connectivity index (χ1) is 14.2. The van der Waals surface area contributed by atoms with Crippen LogP contribution >= 0.6 is 0 Å². The molecule has 0 atom stereocenters. The van der Waals surface area contributed by atoms with E-state index < -0.39 is 47.6 Å². The summed E-state index contributed by atoms with van der Waals surface area (Å²) < 4.78 is 6.76. The number of hydrogen-bond acceptors (Lipinski definition) is 7. The van der Waals surface area contributed by atoms with Gasteiger partial charge < -0.3 is 15.8 Å². The summed E-state index contributed by atoms with van der Waals surface area (Å²) in [4.78, 5) is 60.8. The third-order valence-corrected chi connectivity index (χ3v) is 4.35. The zero-order chi connectivity index (χ0) is 22.4. The van der Waals surface area contributed by atoms with Gasteiger partial charge in [-0.25, -0.2) is 4.79 Å². The maximum absolute atomic E-state index is 12.4. The lowest BCUT2D eigenvalue weighted by Gasteiger charge is -2.14. The fourth-order valence-electron chi connectivity index (χ4n) is 2.80. The molecule has 30 heavy (non-hydrogen) atoms. The first-order valence-corrected chi connectivity index (χ1v) is 9.30. The number of rotatable bonds is 8. The number of nitrogens with one attached hydrogen (secondary N) is 1. The standard InChI is InChI=1S/C20H24N4O6/c1-4-8-24-17(21)16(19(28)23(3)20(24)29)14(25)11-30-15(26)10-22-18(27)13-7-5-6-12(2)9-13/h5-7,9H,4,8,10-11,21H2,1-3H3,(H,22,27). The minimum atomic E-state index is -0.862. The van der Waals surface area contributed by atoms with E-state index in [9.17, 15) is 24.0 Å². The van der Waals surface area contributed by atoms with Gasteiger partial charge in [-0.3, -0.25) is 28.3 Å². The van der Waals surface area contributed by atoms with Crippen molar-refractivity contribution in [2.75, 3.05) is 18.9 Å². The second-order valence-corrected chi connectivity index (χ2v) is 6.69. The Balaban J connectivity index is 2.03. The number of amides is 1. The van der Waals surface area contributed by atoms with Gasteiger partial charge in [0.15, 0.2) is 6.61 Å². The molecule has 0 saturated carbocycles. The van der Waals surface area contributed by atoms with Crippen LogP contribution in [0.2, 0.25) is 0 Å². The Morgan fingerprint density at radius 2 is 1.90 bits per heavy atom. The van der Waals surface area contributed by atoms with Crippen LogP contribution < -0.4 is 22.3 Å². The highest BCUT2D eigenvalue weighted by Gasteiger charge is 2.22. The Labute approximate surface area is 172 Å². The molecule has 0 saturated heterocycles. The molecule has 0 radical (unpaired) electrons. The minimum Gasteiger partial charge on any atom is -0.456 e. The lowest BCUT2D eigenvalue weighted by atomic mass is 10.1. The molecule has 3 N–H and O–H groups in total. The normalized spacial score (nSPS) is 10.5. The Morgan fingerprint density at radius 3 is 2.53 bits per heavy atom. The number of ether oxygens (including phenoxy) is 1. The number of carbonyl (C=O) groups excluding carboxylic acids is 3. The number of carbonyl (C=O) groups is 3. The van der Waals surface area contributed by atoms with Crippen molar-refractivity contribution in [3.8, 4) is 0 Å². The van der Waals surface area contributed by atoms with Crippen LogP contribution in [0.1, 0.15) is 39.6 Å². The van der Waals surface area contributed by atoms with Gasteiger partial charge in [-0.2, -0.15) is 0 Å². The molecule has 2 aromatic rings. The maximum Gasteiger partial charge on any atom is 0.332 e. The fourth-order valence-corrected chi connectivity index (χ4v) is 2.80. The van der Waals surface area contributed by atoms with Crippen molar-refractivity contribution in [2.24, 2.45) is 7.05 Å². The van der Waals surface area contributed by atoms with E-state index in [1.165, 1.54) is 7.05 Å². The van der Waals surface area contributed by atoms with Gasteiger partial charge in [-0.1, -0.05) is 24.6 Å². The average molecular weight is 416 g/mol.